The van der Waals surface area contributed by atoms with Crippen molar-refractivity contribution >= 4 is 11.9 Å². The van der Waals surface area contributed by atoms with Gasteiger partial charge in [0.25, 0.3) is 0 Å². The highest BCUT2D eigenvalue weighted by atomic mass is 16.6. The van der Waals surface area contributed by atoms with Gasteiger partial charge in [0.2, 0.25) is 0 Å². The van der Waals surface area contributed by atoms with E-state index in [2.05, 4.69) is 6.58 Å². The fraction of sp³-hybridized carbons (Fsp3) is 0.545. The van der Waals surface area contributed by atoms with Gasteiger partial charge < -0.3 is 23.7 Å². The van der Waals surface area contributed by atoms with Gasteiger partial charge in [0.1, 0.15) is 12.4 Å². The summed E-state index contributed by atoms with van der Waals surface area (Å²) >= 11 is 0. The average molecular weight is 408 g/mol. The Bertz CT molecular complexity index is 574. The number of benzene rings is 1. The van der Waals surface area contributed by atoms with Gasteiger partial charge >= 0.3 is 11.9 Å². The molecule has 0 saturated heterocycles. The normalized spacial score (nSPS) is 11.5. The van der Waals surface area contributed by atoms with Crippen LogP contribution in [-0.2, 0) is 28.5 Å². The van der Waals surface area contributed by atoms with Gasteiger partial charge in [-0.3, -0.25) is 4.79 Å². The van der Waals surface area contributed by atoms with Crippen LogP contribution in [0.25, 0.3) is 0 Å². The minimum Gasteiger partial charge on any atom is -0.490 e. The quantitative estimate of drug-likeness (QED) is 0.222. The minimum absolute atomic E-state index is 0.140. The predicted molar refractivity (Wildman–Crippen MR) is 109 cm³/mol. The van der Waals surface area contributed by atoms with Gasteiger partial charge in [-0.15, -0.1) is 0 Å². The van der Waals surface area contributed by atoms with Crippen molar-refractivity contribution in [3.8, 4) is 5.75 Å². The van der Waals surface area contributed by atoms with E-state index in [1.165, 1.54) is 0 Å². The van der Waals surface area contributed by atoms with E-state index in [1.54, 1.807) is 0 Å². The zero-order valence-electron chi connectivity index (χ0n) is 17.2. The number of hydrogen-bond acceptors (Lipinski definition) is 7. The third-order valence-electron chi connectivity index (χ3n) is 3.75. The first-order valence-corrected chi connectivity index (χ1v) is 9.97. The van der Waals surface area contributed by atoms with Crippen molar-refractivity contribution in [2.45, 2.75) is 38.7 Å². The maximum atomic E-state index is 12.1. The van der Waals surface area contributed by atoms with Crippen LogP contribution >= 0.6 is 0 Å². The standard InChI is InChI=1S/C22H32O7/c1-3-21(23)27-16-10-13-22(24)29-20(17-26-15-9-8-14-25-4-2)18-28-19-11-6-5-7-12-19/h3,5-7,11-12,20H,1,4,8-10,13-18H2,2H3. The van der Waals surface area contributed by atoms with Crippen molar-refractivity contribution in [1.29, 1.82) is 0 Å². The third kappa shape index (κ3) is 13.4. The summed E-state index contributed by atoms with van der Waals surface area (Å²) in [6.07, 6.45) is 2.87. The fourth-order valence-electron chi connectivity index (χ4n) is 2.28. The molecule has 1 unspecified atom stereocenters. The minimum atomic E-state index is -0.523. The molecular weight excluding hydrogens is 376 g/mol. The molecule has 0 heterocycles. The molecule has 1 atom stereocenters. The first-order chi connectivity index (χ1) is 14.2. The van der Waals surface area contributed by atoms with E-state index in [-0.39, 0.29) is 32.2 Å². The second-order valence-corrected chi connectivity index (χ2v) is 6.19. The van der Waals surface area contributed by atoms with Crippen LogP contribution in [0.15, 0.2) is 43.0 Å². The summed E-state index contributed by atoms with van der Waals surface area (Å²) < 4.78 is 26.9. The van der Waals surface area contributed by atoms with Gasteiger partial charge in [-0.05, 0) is 38.3 Å². The van der Waals surface area contributed by atoms with Gasteiger partial charge in [-0.25, -0.2) is 4.79 Å². The third-order valence-corrected chi connectivity index (χ3v) is 3.75. The van der Waals surface area contributed by atoms with Crippen LogP contribution in [0.1, 0.15) is 32.6 Å². The van der Waals surface area contributed by atoms with Gasteiger partial charge in [0.15, 0.2) is 6.10 Å². The Morgan fingerprint density at radius 1 is 1.00 bits per heavy atom. The van der Waals surface area contributed by atoms with Crippen LogP contribution in [0.5, 0.6) is 5.75 Å². The fourth-order valence-corrected chi connectivity index (χ4v) is 2.28. The van der Waals surface area contributed by atoms with Crippen LogP contribution in [0.4, 0.5) is 0 Å². The Labute approximate surface area is 172 Å². The topological polar surface area (TPSA) is 80.3 Å². The molecule has 162 valence electrons. The monoisotopic (exact) mass is 408 g/mol. The van der Waals surface area contributed by atoms with E-state index in [9.17, 15) is 9.59 Å². The zero-order chi connectivity index (χ0) is 21.2. The highest BCUT2D eigenvalue weighted by Gasteiger charge is 2.16. The van der Waals surface area contributed by atoms with Gasteiger partial charge in [-0.2, -0.15) is 0 Å². The Hall–Kier alpha value is -2.38. The van der Waals surface area contributed by atoms with Gasteiger partial charge in [0, 0.05) is 32.3 Å². The van der Waals surface area contributed by atoms with E-state index in [1.807, 2.05) is 37.3 Å². The number of esters is 2. The van der Waals surface area contributed by atoms with Crippen molar-refractivity contribution in [2.24, 2.45) is 0 Å². The smallest absolute Gasteiger partial charge is 0.330 e. The van der Waals surface area contributed by atoms with E-state index >= 15 is 0 Å². The Morgan fingerprint density at radius 2 is 1.72 bits per heavy atom. The molecule has 1 rings (SSSR count). The maximum Gasteiger partial charge on any atom is 0.330 e. The lowest BCUT2D eigenvalue weighted by Crippen LogP contribution is -2.30. The Morgan fingerprint density at radius 3 is 2.41 bits per heavy atom. The summed E-state index contributed by atoms with van der Waals surface area (Å²) in [7, 11) is 0. The molecule has 0 aromatic heterocycles. The molecule has 29 heavy (non-hydrogen) atoms. The lowest BCUT2D eigenvalue weighted by atomic mass is 10.3. The SMILES string of the molecule is C=CC(=O)OCCCC(=O)OC(COCCCCOCC)COc1ccccc1. The summed E-state index contributed by atoms with van der Waals surface area (Å²) in [4.78, 5) is 23.1. The first kappa shape index (κ1) is 24.7. The van der Waals surface area contributed by atoms with Gasteiger partial charge in [0.05, 0.1) is 13.2 Å². The molecule has 0 amide bonds. The van der Waals surface area contributed by atoms with E-state index in [0.29, 0.717) is 32.0 Å². The molecule has 7 nitrogen and oxygen atoms in total. The molecule has 0 N–H and O–H groups in total. The molecule has 1 aromatic carbocycles. The summed E-state index contributed by atoms with van der Waals surface area (Å²) in [6, 6.07) is 9.31. The van der Waals surface area contributed by atoms with Crippen LogP contribution in [-0.4, -0.2) is 57.7 Å². The molecule has 0 aliphatic rings. The van der Waals surface area contributed by atoms with Crippen molar-refractivity contribution < 1.29 is 33.3 Å². The Balaban J connectivity index is 2.35. The van der Waals surface area contributed by atoms with Crippen LogP contribution in [0.3, 0.4) is 0 Å². The molecular formula is C22H32O7. The number of unbranched alkanes of at least 4 members (excludes halogenated alkanes) is 1. The summed E-state index contributed by atoms with van der Waals surface area (Å²) in [5, 5.41) is 0. The Kier molecular flexibility index (Phi) is 14.1. The summed E-state index contributed by atoms with van der Waals surface area (Å²) in [5.41, 5.74) is 0. The van der Waals surface area contributed by atoms with E-state index < -0.39 is 12.1 Å². The van der Waals surface area contributed by atoms with Crippen molar-refractivity contribution in [3.63, 3.8) is 0 Å². The molecule has 0 aliphatic heterocycles. The van der Waals surface area contributed by atoms with E-state index in [0.717, 1.165) is 18.9 Å². The second-order valence-electron chi connectivity index (χ2n) is 6.19. The lowest BCUT2D eigenvalue weighted by molar-refractivity contribution is -0.155. The molecule has 0 fully saturated rings. The van der Waals surface area contributed by atoms with Crippen LogP contribution in [0, 0.1) is 0 Å². The highest BCUT2D eigenvalue weighted by Crippen LogP contribution is 2.10. The largest absolute Gasteiger partial charge is 0.490 e. The van der Waals surface area contributed by atoms with Crippen LogP contribution in [0.2, 0.25) is 0 Å². The second kappa shape index (κ2) is 16.6. The average Bonchev–Trinajstić information content (AvgIpc) is 2.74. The van der Waals surface area contributed by atoms with Crippen molar-refractivity contribution in [3.05, 3.63) is 43.0 Å². The number of carbonyl (C=O) groups is 2. The lowest BCUT2D eigenvalue weighted by Gasteiger charge is -2.19. The molecule has 0 spiro atoms. The van der Waals surface area contributed by atoms with Crippen molar-refractivity contribution in [1.82, 2.24) is 0 Å². The molecule has 0 radical (unpaired) electrons. The van der Waals surface area contributed by atoms with Gasteiger partial charge in [-0.1, -0.05) is 24.8 Å². The number of carbonyl (C=O) groups excluding carboxylic acids is 2. The number of para-hydroxylation sites is 1. The number of rotatable bonds is 17. The molecule has 1 aromatic rings. The number of hydrogen-bond donors (Lipinski definition) is 0. The zero-order valence-corrected chi connectivity index (χ0v) is 17.2. The predicted octanol–water partition coefficient (Wildman–Crippen LogP) is 3.32. The maximum absolute atomic E-state index is 12.1. The molecule has 7 heteroatoms. The number of ether oxygens (including phenoxy) is 5. The molecule has 0 bridgehead atoms. The van der Waals surface area contributed by atoms with E-state index in [4.69, 9.17) is 23.7 Å². The highest BCUT2D eigenvalue weighted by molar-refractivity contribution is 5.81. The van der Waals surface area contributed by atoms with Crippen molar-refractivity contribution in [2.75, 3.05) is 39.6 Å². The van der Waals surface area contributed by atoms with Crippen LogP contribution < -0.4 is 4.74 Å². The molecule has 0 saturated carbocycles. The summed E-state index contributed by atoms with van der Waals surface area (Å²) in [6.45, 7) is 7.85. The summed E-state index contributed by atoms with van der Waals surface area (Å²) in [5.74, 6) is -0.201. The molecule has 0 aliphatic carbocycles. The first-order valence-electron chi connectivity index (χ1n) is 9.97.